The number of hydrogen-bond acceptors (Lipinski definition) is 2. The van der Waals surface area contributed by atoms with Crippen molar-refractivity contribution in [3.8, 4) is 0 Å². The van der Waals surface area contributed by atoms with E-state index in [1.54, 1.807) is 11.8 Å². The second-order valence-electron chi connectivity index (χ2n) is 7.75. The van der Waals surface area contributed by atoms with E-state index in [2.05, 4.69) is 27.3 Å². The third-order valence-electron chi connectivity index (χ3n) is 5.26. The highest BCUT2D eigenvalue weighted by Crippen LogP contribution is 2.18. The van der Waals surface area contributed by atoms with E-state index < -0.39 is 6.04 Å². The summed E-state index contributed by atoms with van der Waals surface area (Å²) in [4.78, 5) is 27.8. The maximum Gasteiger partial charge on any atom is 0.242 e. The molecule has 0 saturated heterocycles. The minimum Gasteiger partial charge on any atom is -0.352 e. The van der Waals surface area contributed by atoms with Gasteiger partial charge in [-0.25, -0.2) is 0 Å². The zero-order valence-corrected chi connectivity index (χ0v) is 19.5. The van der Waals surface area contributed by atoms with Gasteiger partial charge in [0.05, 0.1) is 6.42 Å². The lowest BCUT2D eigenvalue weighted by atomic mass is 10.0. The van der Waals surface area contributed by atoms with Crippen LogP contribution in [0, 0.1) is 13.8 Å². The van der Waals surface area contributed by atoms with Crippen molar-refractivity contribution in [2.45, 2.75) is 66.1 Å². The van der Waals surface area contributed by atoms with Gasteiger partial charge in [0.25, 0.3) is 0 Å². The minimum absolute atomic E-state index is 0.0505. The van der Waals surface area contributed by atoms with Gasteiger partial charge in [-0.15, -0.1) is 0 Å². The van der Waals surface area contributed by atoms with Gasteiger partial charge in [0.1, 0.15) is 6.04 Å². The Labute approximate surface area is 182 Å². The van der Waals surface area contributed by atoms with Crippen molar-refractivity contribution < 1.29 is 9.59 Å². The monoisotopic (exact) mass is 458 g/mol. The average Bonchev–Trinajstić information content (AvgIpc) is 2.68. The van der Waals surface area contributed by atoms with Crippen LogP contribution in [0.4, 0.5) is 0 Å². The van der Waals surface area contributed by atoms with Crippen molar-refractivity contribution in [1.82, 2.24) is 10.2 Å². The second kappa shape index (κ2) is 10.6. The van der Waals surface area contributed by atoms with Crippen LogP contribution < -0.4 is 5.32 Å². The van der Waals surface area contributed by atoms with E-state index in [0.717, 1.165) is 33.1 Å². The first kappa shape index (κ1) is 23.1. The molecule has 0 radical (unpaired) electrons. The molecule has 2 atom stereocenters. The van der Waals surface area contributed by atoms with Crippen LogP contribution in [0.2, 0.25) is 0 Å². The van der Waals surface area contributed by atoms with Gasteiger partial charge in [-0.3, -0.25) is 9.59 Å². The molecule has 0 aliphatic rings. The Morgan fingerprint density at radius 1 is 1.10 bits per heavy atom. The zero-order valence-electron chi connectivity index (χ0n) is 18.0. The standard InChI is InChI=1S/C24H31BrN2O2/c1-6-18(4)26-24(29)19(5)27(15-20-8-7-9-22(25)13-20)23(28)14-21-12-16(2)10-11-17(21)3/h7-13,18-19H,6,14-15H2,1-5H3,(H,26,29)/t18-,19+/m0/s1. The SMILES string of the molecule is CC[C@H](C)NC(=O)[C@@H](C)N(Cc1cccc(Br)c1)C(=O)Cc1cc(C)ccc1C. The molecule has 156 valence electrons. The van der Waals surface area contributed by atoms with E-state index in [1.165, 1.54) is 0 Å². The first-order valence-corrected chi connectivity index (χ1v) is 10.9. The van der Waals surface area contributed by atoms with Crippen LogP contribution in [0.3, 0.4) is 0 Å². The maximum absolute atomic E-state index is 13.3. The first-order valence-electron chi connectivity index (χ1n) is 10.1. The fourth-order valence-corrected chi connectivity index (χ4v) is 3.58. The lowest BCUT2D eigenvalue weighted by Gasteiger charge is -2.30. The highest BCUT2D eigenvalue weighted by atomic mass is 79.9. The van der Waals surface area contributed by atoms with Crippen molar-refractivity contribution in [3.05, 3.63) is 69.2 Å². The van der Waals surface area contributed by atoms with E-state index in [0.29, 0.717) is 6.54 Å². The molecular weight excluding hydrogens is 428 g/mol. The van der Waals surface area contributed by atoms with Crippen LogP contribution in [0.15, 0.2) is 46.9 Å². The van der Waals surface area contributed by atoms with Gasteiger partial charge in [-0.05, 0) is 62.9 Å². The summed E-state index contributed by atoms with van der Waals surface area (Å²) in [5, 5.41) is 3.00. The molecule has 0 fully saturated rings. The molecule has 2 aromatic carbocycles. The van der Waals surface area contributed by atoms with E-state index in [1.807, 2.05) is 64.1 Å². The van der Waals surface area contributed by atoms with Gasteiger partial charge in [-0.2, -0.15) is 0 Å². The number of benzene rings is 2. The molecule has 2 aromatic rings. The molecule has 5 heteroatoms. The van der Waals surface area contributed by atoms with Crippen molar-refractivity contribution in [2.24, 2.45) is 0 Å². The minimum atomic E-state index is -0.555. The average molecular weight is 459 g/mol. The van der Waals surface area contributed by atoms with Crippen LogP contribution in [-0.4, -0.2) is 28.8 Å². The molecule has 0 unspecified atom stereocenters. The molecule has 1 N–H and O–H groups in total. The fraction of sp³-hybridized carbons (Fsp3) is 0.417. The van der Waals surface area contributed by atoms with Crippen molar-refractivity contribution in [1.29, 1.82) is 0 Å². The first-order chi connectivity index (χ1) is 13.7. The number of aryl methyl sites for hydroxylation is 2. The lowest BCUT2D eigenvalue weighted by molar-refractivity contribution is -0.140. The molecule has 0 bridgehead atoms. The predicted octanol–water partition coefficient (Wildman–Crippen LogP) is 4.94. The topological polar surface area (TPSA) is 49.4 Å². The highest BCUT2D eigenvalue weighted by Gasteiger charge is 2.27. The van der Waals surface area contributed by atoms with Crippen LogP contribution in [0.1, 0.15) is 49.4 Å². The molecule has 0 aliphatic heterocycles. The molecule has 0 aromatic heterocycles. The number of carbonyl (C=O) groups is 2. The quantitative estimate of drug-likeness (QED) is 0.608. The van der Waals surface area contributed by atoms with Crippen molar-refractivity contribution >= 4 is 27.7 Å². The third kappa shape index (κ3) is 6.70. The summed E-state index contributed by atoms with van der Waals surface area (Å²) >= 11 is 3.49. The number of rotatable bonds is 8. The summed E-state index contributed by atoms with van der Waals surface area (Å²) in [5.74, 6) is -0.172. The Morgan fingerprint density at radius 2 is 1.83 bits per heavy atom. The summed E-state index contributed by atoms with van der Waals surface area (Å²) in [6, 6.07) is 13.5. The smallest absolute Gasteiger partial charge is 0.242 e. The Kier molecular flexibility index (Phi) is 8.45. The van der Waals surface area contributed by atoms with Crippen molar-refractivity contribution in [3.63, 3.8) is 0 Å². The molecule has 0 spiro atoms. The Hall–Kier alpha value is -2.14. The Balaban J connectivity index is 2.28. The summed E-state index contributed by atoms with van der Waals surface area (Å²) < 4.78 is 0.952. The van der Waals surface area contributed by atoms with E-state index in [-0.39, 0.29) is 24.3 Å². The van der Waals surface area contributed by atoms with Gasteiger partial charge in [-0.1, -0.05) is 58.7 Å². The van der Waals surface area contributed by atoms with Crippen LogP contribution >= 0.6 is 15.9 Å². The largest absolute Gasteiger partial charge is 0.352 e. The second-order valence-corrected chi connectivity index (χ2v) is 8.67. The summed E-state index contributed by atoms with van der Waals surface area (Å²) in [7, 11) is 0. The molecule has 0 aliphatic carbocycles. The molecule has 2 amide bonds. The molecule has 29 heavy (non-hydrogen) atoms. The van der Waals surface area contributed by atoms with E-state index in [4.69, 9.17) is 0 Å². The van der Waals surface area contributed by atoms with Gasteiger partial charge < -0.3 is 10.2 Å². The van der Waals surface area contributed by atoms with Gasteiger partial charge >= 0.3 is 0 Å². The molecule has 2 rings (SSSR count). The number of amides is 2. The Morgan fingerprint density at radius 3 is 2.48 bits per heavy atom. The molecular formula is C24H31BrN2O2. The van der Waals surface area contributed by atoms with Crippen molar-refractivity contribution in [2.75, 3.05) is 0 Å². The number of carbonyl (C=O) groups excluding carboxylic acids is 2. The number of nitrogens with zero attached hydrogens (tertiary/aromatic N) is 1. The fourth-order valence-electron chi connectivity index (χ4n) is 3.14. The van der Waals surface area contributed by atoms with Gasteiger partial charge in [0.15, 0.2) is 0 Å². The van der Waals surface area contributed by atoms with Crippen LogP contribution in [0.5, 0.6) is 0 Å². The Bertz CT molecular complexity index is 866. The third-order valence-corrected chi connectivity index (χ3v) is 5.75. The van der Waals surface area contributed by atoms with E-state index in [9.17, 15) is 9.59 Å². The highest BCUT2D eigenvalue weighted by molar-refractivity contribution is 9.10. The number of nitrogens with one attached hydrogen (secondary N) is 1. The number of halogens is 1. The molecule has 0 saturated carbocycles. The summed E-state index contributed by atoms with van der Waals surface area (Å²) in [6.07, 6.45) is 1.13. The zero-order chi connectivity index (χ0) is 21.6. The summed E-state index contributed by atoms with van der Waals surface area (Å²) in [5.41, 5.74) is 4.20. The molecule has 4 nitrogen and oxygen atoms in total. The maximum atomic E-state index is 13.3. The van der Waals surface area contributed by atoms with Crippen LogP contribution in [0.25, 0.3) is 0 Å². The van der Waals surface area contributed by atoms with E-state index >= 15 is 0 Å². The normalized spacial score (nSPS) is 12.9. The number of hydrogen-bond donors (Lipinski definition) is 1. The van der Waals surface area contributed by atoms with Gasteiger partial charge in [0, 0.05) is 17.1 Å². The van der Waals surface area contributed by atoms with Gasteiger partial charge in [0.2, 0.25) is 11.8 Å². The summed E-state index contributed by atoms with van der Waals surface area (Å²) in [6.45, 7) is 10.2. The molecule has 0 heterocycles. The van der Waals surface area contributed by atoms with Crippen LogP contribution in [-0.2, 0) is 22.6 Å². The predicted molar refractivity (Wildman–Crippen MR) is 122 cm³/mol. The lowest BCUT2D eigenvalue weighted by Crippen LogP contribution is -2.49.